The molecule has 0 aliphatic heterocycles. The average molecular weight is 285 g/mol. The van der Waals surface area contributed by atoms with Crippen LogP contribution in [0.1, 0.15) is 59.1 Å². The van der Waals surface area contributed by atoms with Gasteiger partial charge in [-0.3, -0.25) is 0 Å². The molecular weight excluding hydrogens is 254 g/mol. The first-order chi connectivity index (χ1) is 9.66. The fourth-order valence-corrected chi connectivity index (χ4v) is 2.88. The Bertz CT molecular complexity index is 524. The highest BCUT2D eigenvalue weighted by Crippen LogP contribution is 2.32. The summed E-state index contributed by atoms with van der Waals surface area (Å²) in [5.74, 6) is 0. The summed E-state index contributed by atoms with van der Waals surface area (Å²) < 4.78 is 0. The molecule has 0 N–H and O–H groups in total. The van der Waals surface area contributed by atoms with Gasteiger partial charge in [-0.1, -0.05) is 63.1 Å². The second-order valence-electron chi connectivity index (χ2n) is 7.02. The summed E-state index contributed by atoms with van der Waals surface area (Å²) in [5, 5.41) is 0. The predicted molar refractivity (Wildman–Crippen MR) is 95.0 cm³/mol. The van der Waals surface area contributed by atoms with Gasteiger partial charge in [-0.2, -0.15) is 0 Å². The van der Waals surface area contributed by atoms with E-state index < -0.39 is 0 Å². The zero-order valence-electron chi connectivity index (χ0n) is 15.0. The van der Waals surface area contributed by atoms with Gasteiger partial charge in [0.25, 0.3) is 0 Å². The van der Waals surface area contributed by atoms with Crippen molar-refractivity contribution in [3.05, 3.63) is 52.9 Å². The van der Waals surface area contributed by atoms with E-state index in [2.05, 4.69) is 90.9 Å². The largest absolute Gasteiger partial charge is 0.354 e. The minimum atomic E-state index is 0.152. The van der Waals surface area contributed by atoms with Gasteiger partial charge in [0.05, 0.1) is 0 Å². The predicted octanol–water partition coefficient (Wildman–Crippen LogP) is 6.02. The van der Waals surface area contributed by atoms with Crippen molar-refractivity contribution in [2.24, 2.45) is 5.41 Å². The first-order valence-corrected chi connectivity index (χ1v) is 7.85. The molecule has 0 amide bonds. The van der Waals surface area contributed by atoms with Gasteiger partial charge in [-0.05, 0) is 38.3 Å². The molecule has 1 aromatic carbocycles. The first kappa shape index (κ1) is 17.6. The monoisotopic (exact) mass is 285 g/mol. The van der Waals surface area contributed by atoms with E-state index in [9.17, 15) is 0 Å². The molecule has 116 valence electrons. The second kappa shape index (κ2) is 6.98. The van der Waals surface area contributed by atoms with Crippen molar-refractivity contribution in [2.75, 3.05) is 7.05 Å². The number of rotatable bonds is 4. The van der Waals surface area contributed by atoms with Gasteiger partial charge in [0.1, 0.15) is 0 Å². The Morgan fingerprint density at radius 2 is 1.62 bits per heavy atom. The van der Waals surface area contributed by atoms with E-state index in [1.54, 1.807) is 0 Å². The zero-order valence-corrected chi connectivity index (χ0v) is 15.0. The van der Waals surface area contributed by atoms with Gasteiger partial charge in [0.15, 0.2) is 0 Å². The first-order valence-electron chi connectivity index (χ1n) is 7.85. The quantitative estimate of drug-likeness (QED) is 0.654. The SMILES string of the molecule is CCC(C)=C(N(C)/C=C(\C)c1ccc(C)cc1)C(C)(C)C. The number of hydrogen-bond donors (Lipinski definition) is 0. The van der Waals surface area contributed by atoms with Crippen LogP contribution in [0.2, 0.25) is 0 Å². The summed E-state index contributed by atoms with van der Waals surface area (Å²) in [6.07, 6.45) is 3.35. The molecule has 0 bridgehead atoms. The van der Waals surface area contributed by atoms with E-state index in [4.69, 9.17) is 0 Å². The molecule has 0 saturated carbocycles. The van der Waals surface area contributed by atoms with E-state index >= 15 is 0 Å². The van der Waals surface area contributed by atoms with Gasteiger partial charge in [-0.25, -0.2) is 0 Å². The van der Waals surface area contributed by atoms with Gasteiger partial charge in [0.2, 0.25) is 0 Å². The molecule has 1 aromatic rings. The highest BCUT2D eigenvalue weighted by molar-refractivity contribution is 5.63. The average Bonchev–Trinajstić information content (AvgIpc) is 2.37. The lowest BCUT2D eigenvalue weighted by Crippen LogP contribution is -2.24. The van der Waals surface area contributed by atoms with Gasteiger partial charge in [0, 0.05) is 24.4 Å². The van der Waals surface area contributed by atoms with Crippen LogP contribution in [0.25, 0.3) is 5.57 Å². The number of aryl methyl sites for hydroxylation is 1. The maximum Gasteiger partial charge on any atom is 0.0214 e. The second-order valence-corrected chi connectivity index (χ2v) is 7.02. The fourth-order valence-electron chi connectivity index (χ4n) is 2.88. The van der Waals surface area contributed by atoms with Crippen molar-refractivity contribution in [1.82, 2.24) is 4.90 Å². The lowest BCUT2D eigenvalue weighted by atomic mass is 9.87. The van der Waals surface area contributed by atoms with Crippen LogP contribution in [0.4, 0.5) is 0 Å². The number of allylic oxidation sites excluding steroid dienone is 3. The minimum Gasteiger partial charge on any atom is -0.354 e. The molecule has 0 aromatic heterocycles. The van der Waals surface area contributed by atoms with Gasteiger partial charge < -0.3 is 4.90 Å². The summed E-state index contributed by atoms with van der Waals surface area (Å²) in [6, 6.07) is 8.74. The molecule has 0 unspecified atom stereocenters. The van der Waals surface area contributed by atoms with Crippen molar-refractivity contribution in [2.45, 2.75) is 54.9 Å². The molecule has 0 aliphatic carbocycles. The lowest BCUT2D eigenvalue weighted by molar-refractivity contribution is 0.368. The van der Waals surface area contributed by atoms with Crippen LogP contribution in [-0.2, 0) is 0 Å². The summed E-state index contributed by atoms with van der Waals surface area (Å²) >= 11 is 0. The van der Waals surface area contributed by atoms with E-state index in [1.165, 1.54) is 28.0 Å². The molecule has 1 rings (SSSR count). The fraction of sp³-hybridized carbons (Fsp3) is 0.500. The Morgan fingerprint density at radius 3 is 2.05 bits per heavy atom. The summed E-state index contributed by atoms with van der Waals surface area (Å²) in [7, 11) is 2.16. The molecule has 0 atom stereocenters. The van der Waals surface area contributed by atoms with Gasteiger partial charge in [-0.15, -0.1) is 0 Å². The third-order valence-corrected chi connectivity index (χ3v) is 3.89. The van der Waals surface area contributed by atoms with E-state index in [1.807, 2.05) is 0 Å². The Hall–Kier alpha value is -1.50. The normalized spacial score (nSPS) is 14.0. The van der Waals surface area contributed by atoms with Crippen LogP contribution < -0.4 is 0 Å². The minimum absolute atomic E-state index is 0.152. The summed E-state index contributed by atoms with van der Waals surface area (Å²) in [4.78, 5) is 2.30. The van der Waals surface area contributed by atoms with Gasteiger partial charge >= 0.3 is 0 Å². The molecule has 0 spiro atoms. The van der Waals surface area contributed by atoms with E-state index in [-0.39, 0.29) is 5.41 Å². The molecule has 1 heteroatoms. The molecule has 0 aliphatic rings. The summed E-state index contributed by atoms with van der Waals surface area (Å²) in [5.41, 5.74) is 6.91. The van der Waals surface area contributed by atoms with Crippen molar-refractivity contribution in [1.29, 1.82) is 0 Å². The Morgan fingerprint density at radius 1 is 1.10 bits per heavy atom. The molecular formula is C20H31N. The van der Waals surface area contributed by atoms with Crippen LogP contribution in [0, 0.1) is 12.3 Å². The maximum absolute atomic E-state index is 2.30. The summed E-state index contributed by atoms with van der Waals surface area (Å²) in [6.45, 7) is 15.6. The molecule has 0 heterocycles. The third kappa shape index (κ3) is 4.77. The number of nitrogens with zero attached hydrogens (tertiary/aromatic N) is 1. The van der Waals surface area contributed by atoms with E-state index in [0.29, 0.717) is 0 Å². The lowest BCUT2D eigenvalue weighted by Gasteiger charge is -2.33. The van der Waals surface area contributed by atoms with Crippen molar-refractivity contribution in [3.63, 3.8) is 0 Å². The molecule has 1 nitrogen and oxygen atoms in total. The van der Waals surface area contributed by atoms with Crippen LogP contribution >= 0.6 is 0 Å². The molecule has 0 fully saturated rings. The highest BCUT2D eigenvalue weighted by atomic mass is 15.1. The standard InChI is InChI=1S/C20H31N/c1-9-16(3)19(20(5,6)7)21(8)14-17(4)18-12-10-15(2)11-13-18/h10-14H,9H2,1-8H3/b17-14+,19-16?. The third-order valence-electron chi connectivity index (χ3n) is 3.89. The van der Waals surface area contributed by atoms with Crippen molar-refractivity contribution >= 4 is 5.57 Å². The van der Waals surface area contributed by atoms with Crippen molar-refractivity contribution in [3.8, 4) is 0 Å². The van der Waals surface area contributed by atoms with Crippen LogP contribution in [0.5, 0.6) is 0 Å². The smallest absolute Gasteiger partial charge is 0.0214 e. The Balaban J connectivity index is 3.14. The molecule has 0 saturated heterocycles. The number of hydrogen-bond acceptors (Lipinski definition) is 1. The maximum atomic E-state index is 2.30. The van der Waals surface area contributed by atoms with Crippen LogP contribution in [-0.4, -0.2) is 11.9 Å². The van der Waals surface area contributed by atoms with Crippen LogP contribution in [0.15, 0.2) is 41.7 Å². The zero-order chi connectivity index (χ0) is 16.2. The van der Waals surface area contributed by atoms with E-state index in [0.717, 1.165) is 6.42 Å². The number of benzene rings is 1. The van der Waals surface area contributed by atoms with Crippen LogP contribution in [0.3, 0.4) is 0 Å². The Kier molecular flexibility index (Phi) is 5.83. The topological polar surface area (TPSA) is 3.24 Å². The van der Waals surface area contributed by atoms with Crippen molar-refractivity contribution < 1.29 is 0 Å². The molecule has 21 heavy (non-hydrogen) atoms. The highest BCUT2D eigenvalue weighted by Gasteiger charge is 2.22. The molecule has 0 radical (unpaired) electrons. The Labute approximate surface area is 131 Å².